The molecule has 11 aromatic rings. The number of thiophene rings is 1. The quantitative estimate of drug-likeness (QED) is 0.159. The van der Waals surface area contributed by atoms with Gasteiger partial charge in [-0.2, -0.15) is 0 Å². The van der Waals surface area contributed by atoms with Gasteiger partial charge in [0.05, 0.1) is 0 Å². The van der Waals surface area contributed by atoms with E-state index in [2.05, 4.69) is 196 Å². The first-order chi connectivity index (χ1) is 27.5. The molecule has 0 fully saturated rings. The van der Waals surface area contributed by atoms with E-state index in [-0.39, 0.29) is 5.41 Å². The monoisotopic (exact) mass is 728 g/mol. The van der Waals surface area contributed by atoms with Crippen molar-refractivity contribution in [1.29, 1.82) is 0 Å². The second kappa shape index (κ2) is 11.7. The first-order valence-electron chi connectivity index (χ1n) is 19.6. The van der Waals surface area contributed by atoms with Crippen molar-refractivity contribution in [2.75, 3.05) is 0 Å². The van der Waals surface area contributed by atoms with Crippen LogP contribution in [0.15, 0.2) is 182 Å². The van der Waals surface area contributed by atoms with Crippen molar-refractivity contribution in [3.63, 3.8) is 0 Å². The van der Waals surface area contributed by atoms with Crippen LogP contribution in [0.1, 0.15) is 25.0 Å². The molecule has 1 aliphatic rings. The number of rotatable bonds is 3. The molecule has 0 saturated carbocycles. The van der Waals surface area contributed by atoms with Crippen molar-refractivity contribution >= 4 is 74.6 Å². The van der Waals surface area contributed by atoms with E-state index in [1.54, 1.807) is 0 Å². The van der Waals surface area contributed by atoms with Crippen LogP contribution in [-0.2, 0) is 5.41 Å². The van der Waals surface area contributed by atoms with Gasteiger partial charge in [0.2, 0.25) is 0 Å². The van der Waals surface area contributed by atoms with Crippen LogP contribution >= 0.6 is 11.3 Å². The summed E-state index contributed by atoms with van der Waals surface area (Å²) in [5.74, 6) is 0. The van der Waals surface area contributed by atoms with Crippen LogP contribution < -0.4 is 0 Å². The number of fused-ring (bicyclic) bond motifs is 12. The topological polar surface area (TPSA) is 0 Å². The predicted molar refractivity (Wildman–Crippen MR) is 243 cm³/mol. The molecule has 0 amide bonds. The normalized spacial score (nSPS) is 13.3. The maximum atomic E-state index is 2.46. The highest BCUT2D eigenvalue weighted by molar-refractivity contribution is 7.26. The minimum Gasteiger partial charge on any atom is -0.135 e. The molecule has 0 saturated heterocycles. The summed E-state index contributed by atoms with van der Waals surface area (Å²) in [7, 11) is 0. The summed E-state index contributed by atoms with van der Waals surface area (Å²) < 4.78 is 2.71. The SMILES string of the molecule is CC1(C)c2cc(-c3ccc(-c4c5ccccc5c(-c5cccc6ccccc56)c5ccccc45)cc3)ccc2-c2c1ccc1ccc3sc4ccccc4c3c21. The highest BCUT2D eigenvalue weighted by Crippen LogP contribution is 2.54. The summed E-state index contributed by atoms with van der Waals surface area (Å²) >= 11 is 1.90. The zero-order chi connectivity index (χ0) is 37.1. The molecular weight excluding hydrogens is 693 g/mol. The first-order valence-corrected chi connectivity index (χ1v) is 20.4. The Labute approximate surface area is 329 Å². The van der Waals surface area contributed by atoms with Gasteiger partial charge < -0.3 is 0 Å². The third kappa shape index (κ3) is 4.41. The molecule has 0 spiro atoms. The van der Waals surface area contributed by atoms with E-state index >= 15 is 0 Å². The molecule has 1 heterocycles. The lowest BCUT2D eigenvalue weighted by molar-refractivity contribution is 0.661. The van der Waals surface area contributed by atoms with Crippen LogP contribution in [0.5, 0.6) is 0 Å². The van der Waals surface area contributed by atoms with Gasteiger partial charge in [0, 0.05) is 25.6 Å². The molecule has 0 unspecified atom stereocenters. The fraction of sp³-hybridized carbons (Fsp3) is 0.0545. The lowest BCUT2D eigenvalue weighted by atomic mass is 9.81. The van der Waals surface area contributed by atoms with Gasteiger partial charge in [0.1, 0.15) is 0 Å². The van der Waals surface area contributed by atoms with Crippen molar-refractivity contribution in [1.82, 2.24) is 0 Å². The van der Waals surface area contributed by atoms with Crippen molar-refractivity contribution in [3.8, 4) is 44.5 Å². The minimum atomic E-state index is -0.119. The molecular formula is C55H36S. The third-order valence-corrected chi connectivity index (χ3v) is 13.8. The van der Waals surface area contributed by atoms with E-state index in [9.17, 15) is 0 Å². The molecule has 0 radical (unpaired) electrons. The largest absolute Gasteiger partial charge is 0.135 e. The van der Waals surface area contributed by atoms with E-state index in [0.717, 1.165) is 0 Å². The van der Waals surface area contributed by atoms with Crippen molar-refractivity contribution in [2.45, 2.75) is 19.3 Å². The smallest absolute Gasteiger partial charge is 0.0362 e. The molecule has 0 N–H and O–H groups in total. The molecule has 1 aromatic heterocycles. The van der Waals surface area contributed by atoms with Gasteiger partial charge in [-0.3, -0.25) is 0 Å². The van der Waals surface area contributed by atoms with Gasteiger partial charge in [-0.25, -0.2) is 0 Å². The summed E-state index contributed by atoms with van der Waals surface area (Å²) in [5.41, 5.74) is 13.1. The fourth-order valence-electron chi connectivity index (χ4n) is 10.0. The molecule has 1 aliphatic carbocycles. The minimum absolute atomic E-state index is 0.119. The summed E-state index contributed by atoms with van der Waals surface area (Å²) in [6.07, 6.45) is 0. The summed E-state index contributed by atoms with van der Waals surface area (Å²) in [6, 6.07) is 68.1. The van der Waals surface area contributed by atoms with Gasteiger partial charge in [0.15, 0.2) is 0 Å². The Kier molecular flexibility index (Phi) is 6.66. The molecule has 0 bridgehead atoms. The lowest BCUT2D eigenvalue weighted by Gasteiger charge is -2.22. The molecule has 0 nitrogen and oxygen atoms in total. The molecule has 12 rings (SSSR count). The van der Waals surface area contributed by atoms with Crippen LogP contribution in [0.3, 0.4) is 0 Å². The van der Waals surface area contributed by atoms with Crippen molar-refractivity contribution in [3.05, 3.63) is 193 Å². The van der Waals surface area contributed by atoms with Crippen LogP contribution in [0.4, 0.5) is 0 Å². The maximum Gasteiger partial charge on any atom is 0.0362 e. The van der Waals surface area contributed by atoms with E-state index in [0.29, 0.717) is 0 Å². The lowest BCUT2D eigenvalue weighted by Crippen LogP contribution is -2.15. The van der Waals surface area contributed by atoms with E-state index in [1.807, 2.05) is 11.3 Å². The van der Waals surface area contributed by atoms with Crippen LogP contribution in [-0.4, -0.2) is 0 Å². The van der Waals surface area contributed by atoms with E-state index < -0.39 is 0 Å². The van der Waals surface area contributed by atoms with Gasteiger partial charge in [0.25, 0.3) is 0 Å². The fourth-order valence-corrected chi connectivity index (χ4v) is 11.2. The van der Waals surface area contributed by atoms with Gasteiger partial charge >= 0.3 is 0 Å². The maximum absolute atomic E-state index is 2.46. The molecule has 0 aliphatic heterocycles. The Morgan fingerprint density at radius 1 is 0.339 bits per heavy atom. The molecule has 262 valence electrons. The Morgan fingerprint density at radius 2 is 0.929 bits per heavy atom. The average Bonchev–Trinajstić information content (AvgIpc) is 3.74. The first kappa shape index (κ1) is 31.8. The van der Waals surface area contributed by atoms with E-state index in [1.165, 1.54) is 119 Å². The highest BCUT2D eigenvalue weighted by Gasteiger charge is 2.37. The molecule has 0 atom stereocenters. The summed E-state index contributed by atoms with van der Waals surface area (Å²) in [6.45, 7) is 4.81. The zero-order valence-electron chi connectivity index (χ0n) is 31.2. The van der Waals surface area contributed by atoms with Gasteiger partial charge in [-0.05, 0) is 117 Å². The summed E-state index contributed by atoms with van der Waals surface area (Å²) in [4.78, 5) is 0. The Hall–Kier alpha value is -6.54. The molecule has 10 aromatic carbocycles. The Bertz CT molecular complexity index is 3370. The second-order valence-electron chi connectivity index (χ2n) is 16.0. The standard InChI is InChI=1S/C55H36S/c1-55(2)46-30-27-36-28-31-49-54(45-19-9-10-21-48(45)56-49)51(36)53(46)44-29-26-37(32-47(44)55)33-22-24-35(25-23-33)50-40-15-5-7-17-42(40)52(43-18-8-6-16-41(43)50)39-20-11-13-34-12-3-4-14-38(34)39/h3-32H,1-2H3. The van der Waals surface area contributed by atoms with Crippen LogP contribution in [0.2, 0.25) is 0 Å². The Balaban J connectivity index is 1.01. The number of hydrogen-bond acceptors (Lipinski definition) is 1. The molecule has 56 heavy (non-hydrogen) atoms. The summed E-state index contributed by atoms with van der Waals surface area (Å²) in [5, 5.41) is 13.1. The molecule has 1 heteroatoms. The van der Waals surface area contributed by atoms with Crippen LogP contribution in [0, 0.1) is 0 Å². The highest BCUT2D eigenvalue weighted by atomic mass is 32.1. The zero-order valence-corrected chi connectivity index (χ0v) is 32.0. The van der Waals surface area contributed by atoms with Crippen molar-refractivity contribution < 1.29 is 0 Å². The number of hydrogen-bond donors (Lipinski definition) is 0. The predicted octanol–water partition coefficient (Wildman–Crippen LogP) is 16.0. The third-order valence-electron chi connectivity index (χ3n) is 12.7. The van der Waals surface area contributed by atoms with Gasteiger partial charge in [-0.1, -0.05) is 178 Å². The number of benzene rings is 10. The second-order valence-corrected chi connectivity index (χ2v) is 17.0. The van der Waals surface area contributed by atoms with E-state index in [4.69, 9.17) is 0 Å². The van der Waals surface area contributed by atoms with Gasteiger partial charge in [-0.15, -0.1) is 11.3 Å². The van der Waals surface area contributed by atoms with Crippen molar-refractivity contribution in [2.24, 2.45) is 0 Å². The average molecular weight is 729 g/mol. The Morgan fingerprint density at radius 3 is 1.68 bits per heavy atom. The van der Waals surface area contributed by atoms with Crippen LogP contribution in [0.25, 0.3) is 108 Å².